The molecule has 5 heteroatoms. The van der Waals surface area contributed by atoms with Crippen molar-refractivity contribution < 1.29 is 9.59 Å². The van der Waals surface area contributed by atoms with Crippen molar-refractivity contribution in [3.05, 3.63) is 107 Å². The molecule has 1 amide bonds. The third-order valence-electron chi connectivity index (χ3n) is 5.25. The molecule has 3 aromatic carbocycles. The Bertz CT molecular complexity index is 1160. The van der Waals surface area contributed by atoms with E-state index in [9.17, 15) is 9.59 Å². The van der Waals surface area contributed by atoms with Crippen LogP contribution in [-0.4, -0.2) is 23.2 Å². The molecule has 0 bridgehead atoms. The van der Waals surface area contributed by atoms with Crippen molar-refractivity contribution in [1.29, 1.82) is 0 Å². The number of nitrogens with two attached hydrogens (primary N) is 1. The SMILES string of the molecule is NC(=O)c1ccc(CCN[C@H](C(=O)c2c[nH]c3ccccc23)c2ccccc2)cc1. The first-order valence-corrected chi connectivity index (χ1v) is 9.91. The van der Waals surface area contributed by atoms with E-state index in [1.54, 1.807) is 18.3 Å². The average Bonchev–Trinajstić information content (AvgIpc) is 3.21. The number of benzene rings is 3. The predicted molar refractivity (Wildman–Crippen MR) is 118 cm³/mol. The largest absolute Gasteiger partial charge is 0.366 e. The number of aromatic nitrogens is 1. The smallest absolute Gasteiger partial charge is 0.248 e. The van der Waals surface area contributed by atoms with E-state index in [0.717, 1.165) is 28.5 Å². The fourth-order valence-electron chi connectivity index (χ4n) is 3.63. The number of H-pyrrole nitrogens is 1. The number of para-hydroxylation sites is 1. The fraction of sp³-hybridized carbons (Fsp3) is 0.120. The van der Waals surface area contributed by atoms with Gasteiger partial charge in [0, 0.05) is 34.8 Å². The van der Waals surface area contributed by atoms with Crippen molar-refractivity contribution in [2.75, 3.05) is 6.54 Å². The van der Waals surface area contributed by atoms with Crippen molar-refractivity contribution in [1.82, 2.24) is 10.3 Å². The van der Waals surface area contributed by atoms with Crippen LogP contribution in [0.2, 0.25) is 0 Å². The van der Waals surface area contributed by atoms with Gasteiger partial charge >= 0.3 is 0 Å². The van der Waals surface area contributed by atoms with Gasteiger partial charge in [-0.15, -0.1) is 0 Å². The van der Waals surface area contributed by atoms with E-state index >= 15 is 0 Å². The Labute approximate surface area is 174 Å². The summed E-state index contributed by atoms with van der Waals surface area (Å²) in [6, 6.07) is 24.3. The maximum Gasteiger partial charge on any atom is 0.248 e. The number of Topliss-reactive ketones (excluding diaryl/α,β-unsaturated/α-hetero) is 1. The highest BCUT2D eigenvalue weighted by atomic mass is 16.1. The van der Waals surface area contributed by atoms with E-state index in [4.69, 9.17) is 5.73 Å². The molecule has 0 saturated carbocycles. The lowest BCUT2D eigenvalue weighted by atomic mass is 9.96. The number of nitrogens with one attached hydrogen (secondary N) is 2. The van der Waals surface area contributed by atoms with Gasteiger partial charge in [-0.25, -0.2) is 0 Å². The van der Waals surface area contributed by atoms with E-state index in [1.807, 2.05) is 66.7 Å². The standard InChI is InChI=1S/C25H23N3O2/c26-25(30)19-12-10-17(11-13-19)14-15-27-23(18-6-2-1-3-7-18)24(29)21-16-28-22-9-5-4-8-20(21)22/h1-13,16,23,27-28H,14-15H2,(H2,26,30)/t23-/m0/s1. The second kappa shape index (κ2) is 8.76. The van der Waals surface area contributed by atoms with E-state index < -0.39 is 11.9 Å². The Hall–Kier alpha value is -3.70. The van der Waals surface area contributed by atoms with Crippen molar-refractivity contribution in [3.8, 4) is 0 Å². The Balaban J connectivity index is 1.53. The third kappa shape index (κ3) is 4.16. The Morgan fingerprint density at radius 3 is 2.33 bits per heavy atom. The molecule has 5 nitrogen and oxygen atoms in total. The summed E-state index contributed by atoms with van der Waals surface area (Å²) in [7, 11) is 0. The highest BCUT2D eigenvalue weighted by Gasteiger charge is 2.23. The van der Waals surface area contributed by atoms with E-state index in [2.05, 4.69) is 10.3 Å². The number of ketones is 1. The number of amides is 1. The second-order valence-electron chi connectivity index (χ2n) is 7.22. The lowest BCUT2D eigenvalue weighted by Crippen LogP contribution is -2.30. The number of carbonyl (C=O) groups is 2. The highest BCUT2D eigenvalue weighted by Crippen LogP contribution is 2.24. The van der Waals surface area contributed by atoms with Crippen LogP contribution in [0.15, 0.2) is 85.1 Å². The summed E-state index contributed by atoms with van der Waals surface area (Å²) in [5.74, 6) is -0.407. The first-order valence-electron chi connectivity index (χ1n) is 9.91. The maximum atomic E-state index is 13.4. The zero-order valence-electron chi connectivity index (χ0n) is 16.5. The quantitative estimate of drug-likeness (QED) is 0.392. The summed E-state index contributed by atoms with van der Waals surface area (Å²) in [4.78, 5) is 27.9. The van der Waals surface area contributed by atoms with E-state index in [0.29, 0.717) is 17.7 Å². The molecule has 0 aliphatic carbocycles. The van der Waals surface area contributed by atoms with Crippen LogP contribution >= 0.6 is 0 Å². The van der Waals surface area contributed by atoms with Gasteiger partial charge in [0.2, 0.25) is 5.91 Å². The minimum atomic E-state index is -0.449. The van der Waals surface area contributed by atoms with Gasteiger partial charge in [-0.2, -0.15) is 0 Å². The monoisotopic (exact) mass is 397 g/mol. The molecular weight excluding hydrogens is 374 g/mol. The molecule has 0 saturated heterocycles. The number of hydrogen-bond donors (Lipinski definition) is 3. The molecule has 4 rings (SSSR count). The molecule has 0 fully saturated rings. The molecule has 4 N–H and O–H groups in total. The fourth-order valence-corrected chi connectivity index (χ4v) is 3.63. The van der Waals surface area contributed by atoms with Gasteiger partial charge < -0.3 is 16.0 Å². The number of aromatic amines is 1. The zero-order valence-corrected chi connectivity index (χ0v) is 16.5. The van der Waals surface area contributed by atoms with Gasteiger partial charge in [-0.05, 0) is 35.7 Å². The van der Waals surface area contributed by atoms with E-state index in [1.165, 1.54) is 0 Å². The van der Waals surface area contributed by atoms with Gasteiger partial charge in [-0.1, -0.05) is 60.7 Å². The van der Waals surface area contributed by atoms with Crippen LogP contribution in [0.1, 0.15) is 37.9 Å². The van der Waals surface area contributed by atoms with Gasteiger partial charge in [0.1, 0.15) is 0 Å². The lowest BCUT2D eigenvalue weighted by molar-refractivity contribution is 0.0943. The van der Waals surface area contributed by atoms with Crippen LogP contribution in [0, 0.1) is 0 Å². The van der Waals surface area contributed by atoms with Gasteiger partial charge in [0.25, 0.3) is 0 Å². The summed E-state index contributed by atoms with van der Waals surface area (Å²) in [6.07, 6.45) is 2.51. The number of primary amides is 1. The first-order chi connectivity index (χ1) is 14.6. The number of carbonyl (C=O) groups excluding carboxylic acids is 2. The molecule has 0 radical (unpaired) electrons. The van der Waals surface area contributed by atoms with Crippen LogP contribution in [-0.2, 0) is 6.42 Å². The lowest BCUT2D eigenvalue weighted by Gasteiger charge is -2.18. The van der Waals surface area contributed by atoms with Gasteiger partial charge in [-0.3, -0.25) is 9.59 Å². The predicted octanol–water partition coefficient (Wildman–Crippen LogP) is 4.02. The molecule has 150 valence electrons. The minimum absolute atomic E-state index is 0.0303. The molecular formula is C25H23N3O2. The molecule has 0 aliphatic heterocycles. The van der Waals surface area contributed by atoms with Gasteiger partial charge in [0.15, 0.2) is 5.78 Å². The molecule has 4 aromatic rings. The summed E-state index contributed by atoms with van der Waals surface area (Å²) < 4.78 is 0. The topological polar surface area (TPSA) is 88.0 Å². The zero-order chi connectivity index (χ0) is 20.9. The van der Waals surface area contributed by atoms with Gasteiger partial charge in [0.05, 0.1) is 6.04 Å². The van der Waals surface area contributed by atoms with Crippen LogP contribution in [0.4, 0.5) is 0 Å². The molecule has 1 atom stereocenters. The van der Waals surface area contributed by atoms with Crippen molar-refractivity contribution in [2.24, 2.45) is 5.73 Å². The summed E-state index contributed by atoms with van der Waals surface area (Å²) in [6.45, 7) is 0.615. The molecule has 0 aliphatic rings. The van der Waals surface area contributed by atoms with Crippen molar-refractivity contribution in [3.63, 3.8) is 0 Å². The molecule has 0 unspecified atom stereocenters. The number of fused-ring (bicyclic) bond motifs is 1. The number of hydrogen-bond acceptors (Lipinski definition) is 3. The Kier molecular flexibility index (Phi) is 5.72. The maximum absolute atomic E-state index is 13.4. The van der Waals surface area contributed by atoms with E-state index in [-0.39, 0.29) is 5.78 Å². The molecule has 1 heterocycles. The summed E-state index contributed by atoms with van der Waals surface area (Å²) in [5.41, 5.74) is 9.41. The van der Waals surface area contributed by atoms with Crippen LogP contribution in [0.25, 0.3) is 10.9 Å². The Morgan fingerprint density at radius 2 is 1.60 bits per heavy atom. The van der Waals surface area contributed by atoms with Crippen LogP contribution in [0.5, 0.6) is 0 Å². The van der Waals surface area contributed by atoms with Crippen molar-refractivity contribution in [2.45, 2.75) is 12.5 Å². The molecule has 1 aromatic heterocycles. The summed E-state index contributed by atoms with van der Waals surface area (Å²) in [5, 5.41) is 4.34. The molecule has 0 spiro atoms. The van der Waals surface area contributed by atoms with Crippen LogP contribution < -0.4 is 11.1 Å². The number of rotatable bonds is 8. The average molecular weight is 397 g/mol. The second-order valence-corrected chi connectivity index (χ2v) is 7.22. The highest BCUT2D eigenvalue weighted by molar-refractivity contribution is 6.10. The van der Waals surface area contributed by atoms with Crippen molar-refractivity contribution >= 4 is 22.6 Å². The normalized spacial score (nSPS) is 12.0. The first kappa shape index (κ1) is 19.6. The third-order valence-corrected chi connectivity index (χ3v) is 5.25. The van der Waals surface area contributed by atoms with Crippen LogP contribution in [0.3, 0.4) is 0 Å². The molecule has 30 heavy (non-hydrogen) atoms. The Morgan fingerprint density at radius 1 is 0.900 bits per heavy atom. The summed E-state index contributed by atoms with van der Waals surface area (Å²) >= 11 is 0. The minimum Gasteiger partial charge on any atom is -0.366 e.